The Balaban J connectivity index is 1.57. The van der Waals surface area contributed by atoms with Crippen LogP contribution in [-0.2, 0) is 16.0 Å². The molecule has 2 atom stereocenters. The Morgan fingerprint density at radius 3 is 2.97 bits per heavy atom. The van der Waals surface area contributed by atoms with Gasteiger partial charge in [-0.15, -0.1) is 0 Å². The second-order valence-electron chi connectivity index (χ2n) is 7.65. The molecule has 0 aromatic carbocycles. The van der Waals surface area contributed by atoms with Gasteiger partial charge in [0.1, 0.15) is 11.5 Å². The van der Waals surface area contributed by atoms with Gasteiger partial charge in [-0.1, -0.05) is 18.9 Å². The number of rotatable bonds is 3. The molecule has 2 aliphatic rings. The fraction of sp³-hybridized carbons (Fsp3) is 0.364. The predicted octanol–water partition coefficient (Wildman–Crippen LogP) is 3.86. The van der Waals surface area contributed by atoms with Crippen molar-refractivity contribution in [1.82, 2.24) is 19.5 Å². The van der Waals surface area contributed by atoms with Gasteiger partial charge in [-0.3, -0.25) is 9.78 Å². The molecule has 0 unspecified atom stereocenters. The number of methoxy groups -OCH3 is 1. The summed E-state index contributed by atoms with van der Waals surface area (Å²) in [6.45, 7) is 0. The molecular formula is C22H21FN4O2. The first-order chi connectivity index (χ1) is 14.2. The molecule has 0 bridgehead atoms. The average Bonchev–Trinajstić information content (AvgIpc) is 3.36. The molecule has 6 nitrogen and oxygen atoms in total. The Kier molecular flexibility index (Phi) is 4.38. The highest BCUT2D eigenvalue weighted by Gasteiger charge is 2.34. The summed E-state index contributed by atoms with van der Waals surface area (Å²) in [5.41, 5.74) is 3.16. The summed E-state index contributed by atoms with van der Waals surface area (Å²) in [6.07, 6.45) is 11.5. The molecule has 0 aliphatic heterocycles. The Hall–Kier alpha value is -3.09. The third kappa shape index (κ3) is 3.01. The lowest BCUT2D eigenvalue weighted by Crippen LogP contribution is -2.30. The zero-order chi connectivity index (χ0) is 20.0. The van der Waals surface area contributed by atoms with Crippen LogP contribution in [-0.4, -0.2) is 32.6 Å². The average molecular weight is 392 g/mol. The number of carbonyl (C=O) groups excluding carboxylic acids is 1. The first-order valence-corrected chi connectivity index (χ1v) is 9.92. The first-order valence-electron chi connectivity index (χ1n) is 9.92. The molecule has 1 fully saturated rings. The Bertz CT molecular complexity index is 1140. The molecule has 148 valence electrons. The molecule has 0 N–H and O–H groups in total. The van der Waals surface area contributed by atoms with Gasteiger partial charge in [-0.25, -0.2) is 14.4 Å². The normalized spacial score (nSPS) is 21.1. The van der Waals surface area contributed by atoms with Crippen molar-refractivity contribution in [2.75, 3.05) is 7.11 Å². The number of halogens is 1. The minimum absolute atomic E-state index is 0.0143. The Labute approximate surface area is 167 Å². The van der Waals surface area contributed by atoms with E-state index in [4.69, 9.17) is 9.72 Å². The summed E-state index contributed by atoms with van der Waals surface area (Å²) in [4.78, 5) is 25.8. The molecule has 0 amide bonds. The maximum absolute atomic E-state index is 13.7. The van der Waals surface area contributed by atoms with Crippen LogP contribution in [0.4, 0.5) is 4.39 Å². The van der Waals surface area contributed by atoms with Crippen LogP contribution in [0.25, 0.3) is 16.6 Å². The molecule has 29 heavy (non-hydrogen) atoms. The highest BCUT2D eigenvalue weighted by molar-refractivity contribution is 5.84. The zero-order valence-corrected chi connectivity index (χ0v) is 16.1. The monoisotopic (exact) mass is 392 g/mol. The van der Waals surface area contributed by atoms with Gasteiger partial charge in [-0.2, -0.15) is 0 Å². The fourth-order valence-electron chi connectivity index (χ4n) is 4.59. The maximum atomic E-state index is 13.7. The van der Waals surface area contributed by atoms with Gasteiger partial charge in [0.2, 0.25) is 0 Å². The Morgan fingerprint density at radius 2 is 2.10 bits per heavy atom. The van der Waals surface area contributed by atoms with Crippen LogP contribution in [0.2, 0.25) is 0 Å². The van der Waals surface area contributed by atoms with E-state index in [0.29, 0.717) is 12.2 Å². The van der Waals surface area contributed by atoms with Gasteiger partial charge >= 0.3 is 5.97 Å². The number of nitrogens with zero attached hydrogens (tertiary/aromatic N) is 4. The van der Waals surface area contributed by atoms with E-state index < -0.39 is 0 Å². The van der Waals surface area contributed by atoms with Crippen molar-refractivity contribution in [2.45, 2.75) is 38.1 Å². The molecule has 3 aromatic heterocycles. The predicted molar refractivity (Wildman–Crippen MR) is 106 cm³/mol. The fourth-order valence-corrected chi connectivity index (χ4v) is 4.59. The number of esters is 1. The minimum Gasteiger partial charge on any atom is -0.469 e. The van der Waals surface area contributed by atoms with Crippen molar-refractivity contribution in [3.05, 3.63) is 59.7 Å². The number of aromatic nitrogens is 4. The van der Waals surface area contributed by atoms with E-state index in [1.54, 1.807) is 6.20 Å². The van der Waals surface area contributed by atoms with Crippen molar-refractivity contribution in [3.8, 4) is 0 Å². The quantitative estimate of drug-likeness (QED) is 0.633. The number of fused-ring (bicyclic) bond motifs is 2. The number of allylic oxidation sites excluding steroid dienone is 1. The summed E-state index contributed by atoms with van der Waals surface area (Å²) >= 11 is 0. The second-order valence-corrected chi connectivity index (χ2v) is 7.65. The molecule has 5 rings (SSSR count). The summed E-state index contributed by atoms with van der Waals surface area (Å²) in [7, 11) is 1.44. The molecule has 2 aliphatic carbocycles. The highest BCUT2D eigenvalue weighted by Crippen LogP contribution is 2.37. The van der Waals surface area contributed by atoms with Crippen molar-refractivity contribution in [3.63, 3.8) is 0 Å². The third-order valence-corrected chi connectivity index (χ3v) is 6.01. The van der Waals surface area contributed by atoms with E-state index in [2.05, 4.69) is 14.5 Å². The van der Waals surface area contributed by atoms with Crippen molar-refractivity contribution < 1.29 is 13.9 Å². The van der Waals surface area contributed by atoms with Crippen LogP contribution in [0.1, 0.15) is 48.8 Å². The van der Waals surface area contributed by atoms with Gasteiger partial charge in [-0.05, 0) is 25.0 Å². The number of hydrogen-bond donors (Lipinski definition) is 0. The van der Waals surface area contributed by atoms with E-state index in [0.717, 1.165) is 53.5 Å². The molecule has 3 aromatic rings. The second kappa shape index (κ2) is 7.06. The van der Waals surface area contributed by atoms with Gasteiger partial charge in [0.15, 0.2) is 5.82 Å². The highest BCUT2D eigenvalue weighted by atomic mass is 19.1. The lowest BCUT2D eigenvalue weighted by molar-refractivity contribution is -0.148. The largest absolute Gasteiger partial charge is 0.469 e. The molecule has 3 heterocycles. The standard InChI is InChI=1S/C22H21FN4O2/c1-29-22(28)16-4-2-3-5-19(16)27-9-8-13-11-25-20(26-21(13)27)15-6-7-18-17(15)10-14(23)12-24-18/h6,8-12,16,19H,2-5,7H2,1H3/t16-,19-/m0/s1. The molecule has 7 heteroatoms. The molecule has 0 radical (unpaired) electrons. The van der Waals surface area contributed by atoms with Gasteiger partial charge in [0.25, 0.3) is 0 Å². The van der Waals surface area contributed by atoms with Gasteiger partial charge in [0, 0.05) is 41.4 Å². The van der Waals surface area contributed by atoms with Gasteiger partial charge in [0.05, 0.1) is 24.9 Å². The van der Waals surface area contributed by atoms with Crippen LogP contribution in [0.15, 0.2) is 36.8 Å². The lowest BCUT2D eigenvalue weighted by Gasteiger charge is -2.31. The summed E-state index contributed by atoms with van der Waals surface area (Å²) < 4.78 is 20.9. The molecule has 1 saturated carbocycles. The third-order valence-electron chi connectivity index (χ3n) is 6.01. The zero-order valence-electron chi connectivity index (χ0n) is 16.1. The summed E-state index contributed by atoms with van der Waals surface area (Å²) in [6, 6.07) is 3.48. The van der Waals surface area contributed by atoms with E-state index in [1.807, 2.05) is 18.3 Å². The number of carbonyl (C=O) groups is 1. The van der Waals surface area contributed by atoms with Crippen LogP contribution in [0.5, 0.6) is 0 Å². The maximum Gasteiger partial charge on any atom is 0.310 e. The SMILES string of the molecule is COC(=O)[C@H]1CCCC[C@@H]1n1ccc2cnc(C3=CCc4ncc(F)cc43)nc21. The topological polar surface area (TPSA) is 69.9 Å². The van der Waals surface area contributed by atoms with Gasteiger partial charge < -0.3 is 9.30 Å². The van der Waals surface area contributed by atoms with Crippen molar-refractivity contribution in [2.24, 2.45) is 5.92 Å². The van der Waals surface area contributed by atoms with E-state index in [-0.39, 0.29) is 23.7 Å². The number of ether oxygens (including phenoxy) is 1. The summed E-state index contributed by atoms with van der Waals surface area (Å²) in [5, 5.41) is 0.916. The van der Waals surface area contributed by atoms with Crippen LogP contribution >= 0.6 is 0 Å². The summed E-state index contributed by atoms with van der Waals surface area (Å²) in [5.74, 6) is -0.162. The molecular weight excluding hydrogens is 371 g/mol. The van der Waals surface area contributed by atoms with E-state index in [9.17, 15) is 9.18 Å². The van der Waals surface area contributed by atoms with E-state index in [1.165, 1.54) is 19.4 Å². The first kappa shape index (κ1) is 18.0. The lowest BCUT2D eigenvalue weighted by atomic mass is 9.84. The Morgan fingerprint density at radius 1 is 1.24 bits per heavy atom. The smallest absolute Gasteiger partial charge is 0.310 e. The van der Waals surface area contributed by atoms with Crippen molar-refractivity contribution >= 4 is 22.6 Å². The number of hydrogen-bond acceptors (Lipinski definition) is 5. The molecule has 0 spiro atoms. The van der Waals surface area contributed by atoms with Crippen LogP contribution in [0.3, 0.4) is 0 Å². The van der Waals surface area contributed by atoms with Crippen molar-refractivity contribution in [1.29, 1.82) is 0 Å². The van der Waals surface area contributed by atoms with Crippen LogP contribution in [0, 0.1) is 11.7 Å². The molecule has 0 saturated heterocycles. The minimum atomic E-state index is -0.371. The van der Waals surface area contributed by atoms with E-state index >= 15 is 0 Å². The number of pyridine rings is 1. The van der Waals surface area contributed by atoms with Crippen LogP contribution < -0.4 is 0 Å².